The van der Waals surface area contributed by atoms with Crippen LogP contribution in [0.25, 0.3) is 0 Å². The molecule has 1 amide bonds. The highest BCUT2D eigenvalue weighted by molar-refractivity contribution is 9.10. The first-order valence-electron chi connectivity index (χ1n) is 5.59. The number of hydrogen-bond donors (Lipinski definition) is 2. The molecule has 2 rings (SSSR count). The van der Waals surface area contributed by atoms with Gasteiger partial charge in [-0.15, -0.1) is 11.3 Å². The second kappa shape index (κ2) is 6.41. The summed E-state index contributed by atoms with van der Waals surface area (Å²) in [6.07, 6.45) is 0. The fourth-order valence-electron chi connectivity index (χ4n) is 1.59. The van der Waals surface area contributed by atoms with Crippen molar-refractivity contribution in [1.29, 1.82) is 0 Å². The van der Waals surface area contributed by atoms with E-state index >= 15 is 0 Å². The predicted molar refractivity (Wildman–Crippen MR) is 85.1 cm³/mol. The van der Waals surface area contributed by atoms with E-state index in [1.807, 2.05) is 29.6 Å². The van der Waals surface area contributed by atoms with Crippen LogP contribution in [0, 0.1) is 0 Å². The lowest BCUT2D eigenvalue weighted by molar-refractivity contribution is -0.114. The Hall–Kier alpha value is -1.04. The largest absolute Gasteiger partial charge is 0.379 e. The topological polar surface area (TPSA) is 41.1 Å². The molecular weight excluding hydrogens is 348 g/mol. The summed E-state index contributed by atoms with van der Waals surface area (Å²) in [6.45, 7) is 2.13. The molecule has 19 heavy (non-hydrogen) atoms. The summed E-state index contributed by atoms with van der Waals surface area (Å²) < 4.78 is 0.953. The van der Waals surface area contributed by atoms with Gasteiger partial charge in [-0.2, -0.15) is 0 Å². The Morgan fingerprint density at radius 1 is 1.37 bits per heavy atom. The van der Waals surface area contributed by atoms with Crippen molar-refractivity contribution >= 4 is 56.1 Å². The predicted octanol–water partition coefficient (Wildman–Crippen LogP) is 4.73. The van der Waals surface area contributed by atoms with Crippen LogP contribution in [0.4, 0.5) is 11.4 Å². The van der Waals surface area contributed by atoms with E-state index in [1.165, 1.54) is 6.92 Å². The number of halogens is 2. The Labute approximate surface area is 129 Å². The Morgan fingerprint density at radius 3 is 2.89 bits per heavy atom. The Bertz CT molecular complexity index is 600. The van der Waals surface area contributed by atoms with Crippen LogP contribution in [-0.4, -0.2) is 5.91 Å². The van der Waals surface area contributed by atoms with Gasteiger partial charge in [0, 0.05) is 21.3 Å². The number of anilines is 2. The maximum Gasteiger partial charge on any atom is 0.221 e. The first kappa shape index (κ1) is 14.4. The highest BCUT2D eigenvalue weighted by Crippen LogP contribution is 2.28. The molecule has 3 nitrogen and oxygen atoms in total. The van der Waals surface area contributed by atoms with Gasteiger partial charge in [0.25, 0.3) is 0 Å². The molecule has 0 saturated carbocycles. The van der Waals surface area contributed by atoms with Crippen LogP contribution in [0.2, 0.25) is 5.02 Å². The van der Waals surface area contributed by atoms with Gasteiger partial charge in [-0.3, -0.25) is 4.79 Å². The molecule has 0 fully saturated rings. The van der Waals surface area contributed by atoms with Crippen molar-refractivity contribution in [3.63, 3.8) is 0 Å². The second-order valence-electron chi connectivity index (χ2n) is 3.92. The number of thiophene rings is 1. The van der Waals surface area contributed by atoms with E-state index in [9.17, 15) is 4.79 Å². The van der Waals surface area contributed by atoms with Gasteiger partial charge in [0.05, 0.1) is 17.9 Å². The second-order valence-corrected chi connectivity index (χ2v) is 6.21. The maximum atomic E-state index is 11.1. The third-order valence-corrected chi connectivity index (χ3v) is 4.27. The number of hydrogen-bond acceptors (Lipinski definition) is 3. The minimum atomic E-state index is -0.0661. The quantitative estimate of drug-likeness (QED) is 0.828. The van der Waals surface area contributed by atoms with E-state index in [-0.39, 0.29) is 5.91 Å². The number of amides is 1. The molecule has 0 aliphatic rings. The van der Waals surface area contributed by atoms with E-state index in [4.69, 9.17) is 11.6 Å². The molecule has 0 aliphatic carbocycles. The molecule has 1 heterocycles. The van der Waals surface area contributed by atoms with Crippen LogP contribution < -0.4 is 10.6 Å². The lowest BCUT2D eigenvalue weighted by Gasteiger charge is -2.09. The zero-order chi connectivity index (χ0) is 13.8. The summed E-state index contributed by atoms with van der Waals surface area (Å²) in [4.78, 5) is 12.2. The number of rotatable bonds is 4. The third kappa shape index (κ3) is 3.96. The third-order valence-electron chi connectivity index (χ3n) is 2.42. The fourth-order valence-corrected chi connectivity index (χ4v) is 2.92. The summed E-state index contributed by atoms with van der Waals surface area (Å²) in [5.41, 5.74) is 1.78. The first-order valence-corrected chi connectivity index (χ1v) is 7.64. The summed E-state index contributed by atoms with van der Waals surface area (Å²) >= 11 is 11.0. The molecule has 6 heteroatoms. The van der Waals surface area contributed by atoms with Crippen molar-refractivity contribution in [2.45, 2.75) is 13.5 Å². The van der Waals surface area contributed by atoms with Crippen molar-refractivity contribution in [3.8, 4) is 0 Å². The molecule has 0 unspecified atom stereocenters. The van der Waals surface area contributed by atoms with Crippen molar-refractivity contribution in [3.05, 3.63) is 44.0 Å². The zero-order valence-corrected chi connectivity index (χ0v) is 13.3. The molecule has 1 aromatic carbocycles. The minimum absolute atomic E-state index is 0.0661. The Kier molecular flexibility index (Phi) is 4.85. The average Bonchev–Trinajstić information content (AvgIpc) is 2.77. The van der Waals surface area contributed by atoms with Crippen LogP contribution in [0.1, 0.15) is 11.8 Å². The minimum Gasteiger partial charge on any atom is -0.379 e. The van der Waals surface area contributed by atoms with Crippen molar-refractivity contribution < 1.29 is 4.79 Å². The average molecular weight is 360 g/mol. The van der Waals surface area contributed by atoms with Gasteiger partial charge < -0.3 is 10.6 Å². The van der Waals surface area contributed by atoms with Crippen LogP contribution in [0.15, 0.2) is 34.1 Å². The number of benzene rings is 1. The van der Waals surface area contributed by atoms with Gasteiger partial charge in [-0.1, -0.05) is 11.6 Å². The van der Waals surface area contributed by atoms with Gasteiger partial charge in [0.1, 0.15) is 0 Å². The van der Waals surface area contributed by atoms with Gasteiger partial charge >= 0.3 is 0 Å². The lowest BCUT2D eigenvalue weighted by Crippen LogP contribution is -2.08. The molecule has 2 N–H and O–H groups in total. The molecule has 0 saturated heterocycles. The van der Waals surface area contributed by atoms with Crippen LogP contribution >= 0.6 is 38.9 Å². The number of nitrogens with one attached hydrogen (secondary N) is 2. The van der Waals surface area contributed by atoms with Crippen molar-refractivity contribution in [1.82, 2.24) is 0 Å². The molecule has 0 radical (unpaired) electrons. The van der Waals surface area contributed by atoms with Crippen molar-refractivity contribution in [2.24, 2.45) is 0 Å². The molecule has 1 aromatic heterocycles. The number of carbonyl (C=O) groups excluding carboxylic acids is 1. The zero-order valence-electron chi connectivity index (χ0n) is 10.2. The SMILES string of the molecule is CC(=O)Nc1ccsc1CNc1cc(Cl)ccc1Br. The molecule has 0 bridgehead atoms. The lowest BCUT2D eigenvalue weighted by atomic mass is 10.3. The smallest absolute Gasteiger partial charge is 0.221 e. The van der Waals surface area contributed by atoms with E-state index in [0.29, 0.717) is 11.6 Å². The van der Waals surface area contributed by atoms with Crippen LogP contribution in [0.5, 0.6) is 0 Å². The molecule has 100 valence electrons. The van der Waals surface area contributed by atoms with Crippen molar-refractivity contribution in [2.75, 3.05) is 10.6 Å². The van der Waals surface area contributed by atoms with Gasteiger partial charge in [0.15, 0.2) is 0 Å². The van der Waals surface area contributed by atoms with Gasteiger partial charge in [0.2, 0.25) is 5.91 Å². The summed E-state index contributed by atoms with van der Waals surface area (Å²) in [6, 6.07) is 7.48. The van der Waals surface area contributed by atoms with E-state index in [1.54, 1.807) is 11.3 Å². The Morgan fingerprint density at radius 2 is 2.16 bits per heavy atom. The van der Waals surface area contributed by atoms with E-state index < -0.39 is 0 Å². The van der Waals surface area contributed by atoms with Crippen LogP contribution in [-0.2, 0) is 11.3 Å². The van der Waals surface area contributed by atoms with E-state index in [0.717, 1.165) is 20.7 Å². The van der Waals surface area contributed by atoms with Gasteiger partial charge in [-0.25, -0.2) is 0 Å². The summed E-state index contributed by atoms with van der Waals surface area (Å²) in [5.74, 6) is -0.0661. The van der Waals surface area contributed by atoms with E-state index in [2.05, 4.69) is 26.6 Å². The fraction of sp³-hybridized carbons (Fsp3) is 0.154. The molecular formula is C13H12BrClN2OS. The molecule has 0 atom stereocenters. The highest BCUT2D eigenvalue weighted by Gasteiger charge is 2.07. The summed E-state index contributed by atoms with van der Waals surface area (Å²) in [7, 11) is 0. The molecule has 0 aliphatic heterocycles. The van der Waals surface area contributed by atoms with Gasteiger partial charge in [-0.05, 0) is 45.6 Å². The first-order chi connectivity index (χ1) is 9.06. The summed E-state index contributed by atoms with van der Waals surface area (Å²) in [5, 5.41) is 8.74. The Balaban J connectivity index is 2.08. The standard InChI is InChI=1S/C13H12BrClN2OS/c1-8(18)17-11-4-5-19-13(11)7-16-12-6-9(15)2-3-10(12)14/h2-6,16H,7H2,1H3,(H,17,18). The monoisotopic (exact) mass is 358 g/mol. The molecule has 0 spiro atoms. The maximum absolute atomic E-state index is 11.1. The molecule has 2 aromatic rings. The number of carbonyl (C=O) groups is 1. The normalized spacial score (nSPS) is 10.3. The van der Waals surface area contributed by atoms with Crippen LogP contribution in [0.3, 0.4) is 0 Å². The highest BCUT2D eigenvalue weighted by atomic mass is 79.9.